The van der Waals surface area contributed by atoms with E-state index in [4.69, 9.17) is 16.7 Å². The lowest BCUT2D eigenvalue weighted by Gasteiger charge is -2.06. The van der Waals surface area contributed by atoms with Crippen molar-refractivity contribution < 1.29 is 8.91 Å². The summed E-state index contributed by atoms with van der Waals surface area (Å²) in [5.41, 5.74) is 6.36. The van der Waals surface area contributed by atoms with Crippen molar-refractivity contribution in [3.8, 4) is 5.82 Å². The fourth-order valence-corrected chi connectivity index (χ4v) is 2.75. The normalized spacial score (nSPS) is 11.1. The van der Waals surface area contributed by atoms with Crippen molar-refractivity contribution in [1.29, 1.82) is 0 Å². The lowest BCUT2D eigenvalue weighted by molar-refractivity contribution is 0.394. The van der Waals surface area contributed by atoms with Crippen molar-refractivity contribution in [3.63, 3.8) is 0 Å². The highest BCUT2D eigenvalue weighted by Gasteiger charge is 2.12. The topological polar surface area (TPSA) is 67.4 Å². The maximum absolute atomic E-state index is 12.9. The maximum atomic E-state index is 12.9. The second kappa shape index (κ2) is 7.49. The summed E-state index contributed by atoms with van der Waals surface area (Å²) in [6.45, 7) is 5.82. The predicted molar refractivity (Wildman–Crippen MR) is 103 cm³/mol. The lowest BCUT2D eigenvalue weighted by atomic mass is 10.3. The Balaban J connectivity index is 1.67. The summed E-state index contributed by atoms with van der Waals surface area (Å²) in [5, 5.41) is 11.5. The van der Waals surface area contributed by atoms with E-state index in [1.165, 1.54) is 12.1 Å². The van der Waals surface area contributed by atoms with Gasteiger partial charge in [0, 0.05) is 28.7 Å². The number of hydrazone groups is 1. The summed E-state index contributed by atoms with van der Waals surface area (Å²) in [6.07, 6.45) is 1.68. The minimum absolute atomic E-state index is 0.301. The number of rotatable bonds is 4. The quantitative estimate of drug-likeness (QED) is 0.414. The van der Waals surface area contributed by atoms with Crippen LogP contribution in [0.5, 0.6) is 0 Å². The van der Waals surface area contributed by atoms with E-state index in [9.17, 15) is 4.39 Å². The molecule has 0 fully saturated rings. The zero-order valence-electron chi connectivity index (χ0n) is 14.6. The molecule has 3 rings (SSSR count). The number of aryl methyl sites for hydroxylation is 2. The van der Waals surface area contributed by atoms with Gasteiger partial charge in [-0.2, -0.15) is 5.10 Å². The first-order valence-corrected chi connectivity index (χ1v) is 8.33. The van der Waals surface area contributed by atoms with Crippen LogP contribution in [0.1, 0.15) is 22.7 Å². The molecule has 2 heterocycles. The number of thiocarbonyl (C=S) groups is 1. The van der Waals surface area contributed by atoms with Crippen molar-refractivity contribution in [3.05, 3.63) is 64.9 Å². The molecule has 0 spiro atoms. The van der Waals surface area contributed by atoms with Crippen LogP contribution in [-0.4, -0.2) is 21.1 Å². The Morgan fingerprint density at radius 1 is 1.23 bits per heavy atom. The molecule has 0 unspecified atom stereocenters. The second-order valence-electron chi connectivity index (χ2n) is 5.79. The first-order valence-electron chi connectivity index (χ1n) is 7.92. The molecule has 26 heavy (non-hydrogen) atoms. The Hall–Kier alpha value is -3.00. The number of hydrogen-bond donors (Lipinski definition) is 2. The van der Waals surface area contributed by atoms with E-state index in [1.54, 1.807) is 18.3 Å². The molecule has 8 heteroatoms. The van der Waals surface area contributed by atoms with Gasteiger partial charge in [-0.3, -0.25) is 9.99 Å². The fourth-order valence-electron chi connectivity index (χ4n) is 2.58. The van der Waals surface area contributed by atoms with Crippen molar-refractivity contribution in [2.24, 2.45) is 5.10 Å². The maximum Gasteiger partial charge on any atom is 0.191 e. The van der Waals surface area contributed by atoms with E-state index in [0.717, 1.165) is 28.5 Å². The van der Waals surface area contributed by atoms with Crippen LogP contribution >= 0.6 is 12.2 Å². The average Bonchev–Trinajstić information content (AvgIpc) is 3.13. The third-order valence-electron chi connectivity index (χ3n) is 3.79. The smallest absolute Gasteiger partial charge is 0.191 e. The standard InChI is InChI=1S/C18H18FN5OS/c1-11-8-14(13(3)24(11)17-9-12(2)25-23-17)10-20-22-18(26)21-16-6-4-15(19)5-7-16/h4-10H,1-3H3,(H2,21,22,26)/b20-10-. The minimum Gasteiger partial charge on any atom is -0.360 e. The number of nitrogens with one attached hydrogen (secondary N) is 2. The number of hydrogen-bond acceptors (Lipinski definition) is 4. The molecule has 0 aliphatic carbocycles. The van der Waals surface area contributed by atoms with Crippen LogP contribution in [0.2, 0.25) is 0 Å². The molecule has 1 aromatic carbocycles. The van der Waals surface area contributed by atoms with Crippen LogP contribution in [0.4, 0.5) is 10.1 Å². The highest BCUT2D eigenvalue weighted by atomic mass is 32.1. The van der Waals surface area contributed by atoms with E-state index in [-0.39, 0.29) is 5.82 Å². The minimum atomic E-state index is -0.301. The Morgan fingerprint density at radius 2 is 1.96 bits per heavy atom. The molecule has 0 aliphatic rings. The molecule has 0 amide bonds. The molecule has 3 aromatic rings. The molecule has 0 aliphatic heterocycles. The van der Waals surface area contributed by atoms with Gasteiger partial charge in [-0.15, -0.1) is 0 Å². The zero-order valence-corrected chi connectivity index (χ0v) is 15.4. The first kappa shape index (κ1) is 17.8. The summed E-state index contributed by atoms with van der Waals surface area (Å²) < 4.78 is 20.0. The van der Waals surface area contributed by atoms with Gasteiger partial charge in [0.1, 0.15) is 11.6 Å². The molecule has 0 bridgehead atoms. The molecule has 2 N–H and O–H groups in total. The van der Waals surface area contributed by atoms with Crippen molar-refractivity contribution in [1.82, 2.24) is 15.1 Å². The number of nitrogens with zero attached hydrogens (tertiary/aromatic N) is 3. The van der Waals surface area contributed by atoms with Gasteiger partial charge < -0.3 is 9.84 Å². The molecule has 2 aromatic heterocycles. The molecule has 6 nitrogen and oxygen atoms in total. The Morgan fingerprint density at radius 3 is 2.62 bits per heavy atom. The Labute approximate surface area is 155 Å². The van der Waals surface area contributed by atoms with E-state index < -0.39 is 0 Å². The third kappa shape index (κ3) is 3.97. The Kier molecular flexibility index (Phi) is 5.13. The second-order valence-corrected chi connectivity index (χ2v) is 6.20. The summed E-state index contributed by atoms with van der Waals surface area (Å²) in [7, 11) is 0. The molecule has 0 saturated carbocycles. The number of halogens is 1. The zero-order chi connectivity index (χ0) is 18.7. The van der Waals surface area contributed by atoms with E-state index >= 15 is 0 Å². The summed E-state index contributed by atoms with van der Waals surface area (Å²) in [6, 6.07) is 9.78. The van der Waals surface area contributed by atoms with Crippen LogP contribution in [0.25, 0.3) is 5.82 Å². The number of benzene rings is 1. The summed E-state index contributed by atoms with van der Waals surface area (Å²) in [5.74, 6) is 1.19. The van der Waals surface area contributed by atoms with Crippen molar-refractivity contribution in [2.75, 3.05) is 5.32 Å². The Bertz CT molecular complexity index is 959. The van der Waals surface area contributed by atoms with Gasteiger partial charge in [-0.05, 0) is 63.3 Å². The lowest BCUT2D eigenvalue weighted by Crippen LogP contribution is -2.23. The highest BCUT2D eigenvalue weighted by molar-refractivity contribution is 7.80. The van der Waals surface area contributed by atoms with Gasteiger partial charge in [-0.25, -0.2) is 4.39 Å². The number of aromatic nitrogens is 2. The summed E-state index contributed by atoms with van der Waals surface area (Å²) >= 11 is 5.17. The van der Waals surface area contributed by atoms with Gasteiger partial charge >= 0.3 is 0 Å². The van der Waals surface area contributed by atoms with Gasteiger partial charge in [0.05, 0.1) is 6.21 Å². The van der Waals surface area contributed by atoms with Gasteiger partial charge in [0.15, 0.2) is 10.9 Å². The fraction of sp³-hybridized carbons (Fsp3) is 0.167. The van der Waals surface area contributed by atoms with E-state index in [2.05, 4.69) is 21.0 Å². The first-order chi connectivity index (χ1) is 12.4. The SMILES string of the molecule is Cc1cc(-n2c(C)cc(/C=N\NC(=S)Nc3ccc(F)cc3)c2C)no1. The molecule has 0 atom stereocenters. The monoisotopic (exact) mass is 371 g/mol. The molecule has 0 saturated heterocycles. The number of anilines is 1. The molecule has 134 valence electrons. The van der Waals surface area contributed by atoms with Gasteiger partial charge in [0.25, 0.3) is 0 Å². The predicted octanol–water partition coefficient (Wildman–Crippen LogP) is 3.85. The molecule has 0 radical (unpaired) electrons. The van der Waals surface area contributed by atoms with Crippen molar-refractivity contribution in [2.45, 2.75) is 20.8 Å². The van der Waals surface area contributed by atoms with Gasteiger partial charge in [0.2, 0.25) is 0 Å². The van der Waals surface area contributed by atoms with E-state index in [0.29, 0.717) is 10.8 Å². The largest absolute Gasteiger partial charge is 0.360 e. The average molecular weight is 371 g/mol. The van der Waals surface area contributed by atoms with Crippen LogP contribution < -0.4 is 10.7 Å². The van der Waals surface area contributed by atoms with Crippen LogP contribution in [-0.2, 0) is 0 Å². The van der Waals surface area contributed by atoms with E-state index in [1.807, 2.05) is 37.5 Å². The third-order valence-corrected chi connectivity index (χ3v) is 3.98. The highest BCUT2D eigenvalue weighted by Crippen LogP contribution is 2.19. The molecular formula is C18H18FN5OS. The van der Waals surface area contributed by atoms with Crippen LogP contribution in [0.3, 0.4) is 0 Å². The molecular weight excluding hydrogens is 353 g/mol. The summed E-state index contributed by atoms with van der Waals surface area (Å²) in [4.78, 5) is 0. The van der Waals surface area contributed by atoms with Gasteiger partial charge in [-0.1, -0.05) is 5.16 Å². The van der Waals surface area contributed by atoms with Crippen LogP contribution in [0, 0.1) is 26.6 Å². The van der Waals surface area contributed by atoms with Crippen LogP contribution in [0.15, 0.2) is 46.0 Å². The van der Waals surface area contributed by atoms with Crippen molar-refractivity contribution >= 4 is 29.2 Å².